The van der Waals surface area contributed by atoms with Gasteiger partial charge in [-0.1, -0.05) is 76.2 Å². The summed E-state index contributed by atoms with van der Waals surface area (Å²) in [6.45, 7) is 15.1. The molecule has 18 heteroatoms. The van der Waals surface area contributed by atoms with Crippen molar-refractivity contribution in [3.05, 3.63) is 82.9 Å². The Morgan fingerprint density at radius 1 is 0.926 bits per heavy atom. The Balaban J connectivity index is 1.54. The van der Waals surface area contributed by atoms with Crippen LogP contribution in [0.25, 0.3) is 0 Å². The molecule has 11 atom stereocenters. The maximum absolute atomic E-state index is 15.9. The van der Waals surface area contributed by atoms with E-state index in [-0.39, 0.29) is 52.9 Å². The van der Waals surface area contributed by atoms with Gasteiger partial charge in [0, 0.05) is 31.1 Å². The van der Waals surface area contributed by atoms with Crippen LogP contribution < -0.4 is 5.32 Å². The normalized spacial score (nSPS) is 30.4. The van der Waals surface area contributed by atoms with Crippen molar-refractivity contribution in [3.8, 4) is 0 Å². The number of fused-ring (bicyclic) bond motifs is 5. The second kappa shape index (κ2) is 19.7. The van der Waals surface area contributed by atoms with Gasteiger partial charge in [0.05, 0.1) is 47.2 Å². The van der Waals surface area contributed by atoms with Crippen LogP contribution in [0, 0.1) is 22.7 Å². The van der Waals surface area contributed by atoms with Gasteiger partial charge in [-0.05, 0) is 63.5 Å². The zero-order chi connectivity index (χ0) is 50.3. The van der Waals surface area contributed by atoms with Crippen molar-refractivity contribution in [2.75, 3.05) is 18.1 Å². The van der Waals surface area contributed by atoms with Crippen LogP contribution in [0.4, 0.5) is 4.79 Å². The van der Waals surface area contributed by atoms with Crippen molar-refractivity contribution < 1.29 is 77.3 Å². The Hall–Kier alpha value is -5.14. The van der Waals surface area contributed by atoms with E-state index in [0.29, 0.717) is 5.56 Å². The molecule has 0 aromatic heterocycles. The van der Waals surface area contributed by atoms with Gasteiger partial charge in [-0.2, -0.15) is 0 Å². The summed E-state index contributed by atoms with van der Waals surface area (Å²) in [4.78, 5) is 97.4. The molecular weight excluding hydrogens is 903 g/mol. The number of nitrogens with one attached hydrogen (secondary N) is 1. The maximum Gasteiger partial charge on any atom is 0.408 e. The van der Waals surface area contributed by atoms with Gasteiger partial charge in [-0.15, -0.1) is 11.8 Å². The highest BCUT2D eigenvalue weighted by molar-refractivity contribution is 8.00. The van der Waals surface area contributed by atoms with Gasteiger partial charge < -0.3 is 49.1 Å². The highest BCUT2D eigenvalue weighted by atomic mass is 32.2. The Kier molecular flexibility index (Phi) is 15.1. The van der Waals surface area contributed by atoms with E-state index in [1.54, 1.807) is 83.1 Å². The van der Waals surface area contributed by atoms with E-state index in [4.69, 9.17) is 28.4 Å². The lowest BCUT2D eigenvalue weighted by molar-refractivity contribution is -0.346. The monoisotopic (exact) mass is 965 g/mol. The minimum Gasteiger partial charge on any atom is -0.456 e. The van der Waals surface area contributed by atoms with Crippen LogP contribution in [-0.4, -0.2) is 128 Å². The van der Waals surface area contributed by atoms with E-state index < -0.39 is 118 Å². The summed E-state index contributed by atoms with van der Waals surface area (Å²) >= 11 is 0.966. The Morgan fingerprint density at radius 3 is 2.10 bits per heavy atom. The summed E-state index contributed by atoms with van der Waals surface area (Å²) in [6.07, 6.45) is -12.0. The van der Waals surface area contributed by atoms with Gasteiger partial charge >= 0.3 is 30.0 Å². The number of thioether (sulfide) groups is 1. The van der Waals surface area contributed by atoms with Crippen LogP contribution in [0.5, 0.6) is 0 Å². The van der Waals surface area contributed by atoms with Gasteiger partial charge in [0.25, 0.3) is 0 Å². The Bertz CT molecular complexity index is 2310. The minimum absolute atomic E-state index is 0.0370. The van der Waals surface area contributed by atoms with Crippen LogP contribution in [0.1, 0.15) is 104 Å². The quantitative estimate of drug-likeness (QED) is 0.113. The fourth-order valence-electron chi connectivity index (χ4n) is 10.2. The molecule has 3 aliphatic carbocycles. The molecule has 1 aliphatic heterocycles. The van der Waals surface area contributed by atoms with Crippen LogP contribution >= 0.6 is 11.8 Å². The third-order valence-corrected chi connectivity index (χ3v) is 14.8. The van der Waals surface area contributed by atoms with Crippen molar-refractivity contribution in [1.29, 1.82) is 0 Å². The molecule has 1 amide bonds. The van der Waals surface area contributed by atoms with Gasteiger partial charge in [0.1, 0.15) is 35.3 Å². The summed E-state index contributed by atoms with van der Waals surface area (Å²) in [5.74, 6) is -7.39. The van der Waals surface area contributed by atoms with E-state index in [2.05, 4.69) is 5.32 Å². The van der Waals surface area contributed by atoms with E-state index in [9.17, 15) is 44.1 Å². The molecule has 4 N–H and O–H groups in total. The van der Waals surface area contributed by atoms with Crippen LogP contribution in [-0.2, 0) is 52.4 Å². The summed E-state index contributed by atoms with van der Waals surface area (Å²) < 4.78 is 36.2. The van der Waals surface area contributed by atoms with Gasteiger partial charge in [0.15, 0.2) is 23.6 Å². The molecule has 2 aromatic carbocycles. The maximum atomic E-state index is 15.9. The predicted octanol–water partition coefficient (Wildman–Crippen LogP) is 4.77. The molecule has 17 nitrogen and oxygen atoms in total. The first-order valence-corrected chi connectivity index (χ1v) is 23.8. The minimum atomic E-state index is -2.46. The number of hydrogen-bond acceptors (Lipinski definition) is 17. The topological polar surface area (TPSA) is 248 Å². The molecule has 4 aliphatic rings. The average Bonchev–Trinajstić information content (AvgIpc) is 3.26. The summed E-state index contributed by atoms with van der Waals surface area (Å²) in [6, 6.07) is 14.4. The molecule has 2 aromatic rings. The van der Waals surface area contributed by atoms with Crippen molar-refractivity contribution in [2.45, 2.75) is 142 Å². The standard InChI is InChI=1S/C50H63NO16S/c1-26(2)31(53)23-68-24-35(55)64-39-36-27(3)32(63-44(59)38(56)37(29-17-13-11-14-18-29)51-45(60)67-46(5,6)7)22-50(61,47(36,8)9)42(65-43(58)30-19-15-12-16-20-30)40-48(10,41(39)57)33(54)21-34-49(40,25-62-34)66-28(4)52/h11-20,26,32-34,37-40,42,54,56,61H,21-25H2,1-10H3,(H,51,60)/t32-,33-,34+,37-,38+,39+,40-,42-,48+,49-,50+/m0/s1. The van der Waals surface area contributed by atoms with Crippen LogP contribution in [0.15, 0.2) is 71.8 Å². The number of amides is 1. The zero-order valence-electron chi connectivity index (χ0n) is 40.1. The molecule has 1 heterocycles. The SMILES string of the molecule is CC(=O)O[C@@]12CO[C@@H]1C[C@H](O)[C@@]1(C)C(=O)[C@H](OC(=O)CSCC(=O)C(C)C)C3=C(C)[C@@H](OC(=O)[C@H](O)[C@@H](NC(=O)OC(C)(C)C)c4ccccc4)C[C@@](O)([C@@H](OC(=O)c4ccccc4)[C@H]21)C3(C)C. The van der Waals surface area contributed by atoms with Gasteiger partial charge in [-0.3, -0.25) is 19.2 Å². The summed E-state index contributed by atoms with van der Waals surface area (Å²) in [5, 5.41) is 40.5. The van der Waals surface area contributed by atoms with E-state index in [1.165, 1.54) is 39.8 Å². The molecule has 2 saturated carbocycles. The first kappa shape index (κ1) is 52.2. The number of carbonyl (C=O) groups excluding carboxylic acids is 7. The number of Topliss-reactive ketones (excluding diaryl/α,β-unsaturated/α-hetero) is 2. The third-order valence-electron chi connectivity index (χ3n) is 13.9. The highest BCUT2D eigenvalue weighted by Gasteiger charge is 2.78. The van der Waals surface area contributed by atoms with Crippen molar-refractivity contribution in [2.24, 2.45) is 22.7 Å². The molecule has 6 rings (SSSR count). The number of ether oxygens (including phenoxy) is 6. The first-order chi connectivity index (χ1) is 31.7. The highest BCUT2D eigenvalue weighted by Crippen LogP contribution is 2.64. The van der Waals surface area contributed by atoms with Crippen LogP contribution in [0.3, 0.4) is 0 Å². The molecule has 1 saturated heterocycles. The number of alkyl carbamates (subject to hydrolysis) is 1. The molecule has 0 radical (unpaired) electrons. The molecule has 3 fully saturated rings. The lowest BCUT2D eigenvalue weighted by atomic mass is 9.44. The summed E-state index contributed by atoms with van der Waals surface area (Å²) in [7, 11) is 0. The number of carbonyl (C=O) groups is 7. The number of aliphatic hydroxyl groups is 3. The van der Waals surface area contributed by atoms with Crippen molar-refractivity contribution in [1.82, 2.24) is 5.32 Å². The number of ketones is 2. The molecule has 0 unspecified atom stereocenters. The van der Waals surface area contributed by atoms with E-state index in [0.717, 1.165) is 18.7 Å². The first-order valence-electron chi connectivity index (χ1n) is 22.7. The van der Waals surface area contributed by atoms with Crippen molar-refractivity contribution in [3.63, 3.8) is 0 Å². The number of aliphatic hydroxyl groups excluding tert-OH is 2. The average molecular weight is 966 g/mol. The zero-order valence-corrected chi connectivity index (χ0v) is 40.9. The Morgan fingerprint density at radius 2 is 1.54 bits per heavy atom. The molecule has 0 spiro atoms. The van der Waals surface area contributed by atoms with E-state index in [1.807, 2.05) is 0 Å². The number of benzene rings is 2. The smallest absolute Gasteiger partial charge is 0.408 e. The molecule has 370 valence electrons. The van der Waals surface area contributed by atoms with Gasteiger partial charge in [0.2, 0.25) is 0 Å². The number of rotatable bonds is 14. The lowest BCUT2D eigenvalue weighted by Gasteiger charge is -2.67. The molecule has 2 bridgehead atoms. The second-order valence-corrected chi connectivity index (χ2v) is 21.1. The largest absolute Gasteiger partial charge is 0.456 e. The van der Waals surface area contributed by atoms with Crippen molar-refractivity contribution >= 4 is 53.3 Å². The second-order valence-electron chi connectivity index (χ2n) is 20.2. The molecule has 68 heavy (non-hydrogen) atoms. The predicted molar refractivity (Wildman–Crippen MR) is 245 cm³/mol. The summed E-state index contributed by atoms with van der Waals surface area (Å²) in [5.41, 5.74) is -8.73. The molecular formula is C50H63NO16S. The third kappa shape index (κ3) is 9.84. The van der Waals surface area contributed by atoms with E-state index >= 15 is 4.79 Å². The number of esters is 4. The fourth-order valence-corrected chi connectivity index (χ4v) is 11.1. The number of hydrogen-bond donors (Lipinski definition) is 4. The Labute approximate surface area is 400 Å². The fraction of sp³-hybridized carbons (Fsp3) is 0.580. The van der Waals surface area contributed by atoms with Crippen LogP contribution in [0.2, 0.25) is 0 Å². The lowest BCUT2D eigenvalue weighted by Crippen LogP contribution is -2.82. The van der Waals surface area contributed by atoms with Gasteiger partial charge in [-0.25, -0.2) is 14.4 Å².